The summed E-state index contributed by atoms with van der Waals surface area (Å²) in [7, 11) is 3.82. The topological polar surface area (TPSA) is 35.6 Å². The number of carbonyl (C=O) groups excluding carboxylic acids is 1. The molecule has 1 N–H and O–H groups in total. The first kappa shape index (κ1) is 19.5. The van der Waals surface area contributed by atoms with Gasteiger partial charge in [0.05, 0.1) is 6.04 Å². The summed E-state index contributed by atoms with van der Waals surface area (Å²) in [6.07, 6.45) is 2.33. The van der Waals surface area contributed by atoms with Gasteiger partial charge >= 0.3 is 0 Å². The highest BCUT2D eigenvalue weighted by Gasteiger charge is 2.27. The quantitative estimate of drug-likeness (QED) is 0.813. The third-order valence-corrected chi connectivity index (χ3v) is 5.19. The number of likely N-dealkylation sites (tertiary alicyclic amines) is 1. The minimum absolute atomic E-state index is 0.0162. The van der Waals surface area contributed by atoms with E-state index in [2.05, 4.69) is 10.2 Å². The molecular weight excluding hydrogens is 341 g/mol. The number of hydrogen-bond acceptors (Lipinski definition) is 3. The summed E-state index contributed by atoms with van der Waals surface area (Å²) in [6.45, 7) is 2.53. The zero-order chi connectivity index (χ0) is 19.2. The maximum Gasteiger partial charge on any atom is 0.242 e. The molecule has 0 aliphatic carbocycles. The Morgan fingerprint density at radius 1 is 1.04 bits per heavy atom. The van der Waals surface area contributed by atoms with Crippen LogP contribution in [0.4, 0.5) is 4.39 Å². The van der Waals surface area contributed by atoms with Crippen LogP contribution in [-0.4, -0.2) is 49.4 Å². The molecule has 1 heterocycles. The number of carbonyl (C=O) groups is 1. The van der Waals surface area contributed by atoms with Gasteiger partial charge in [0.25, 0.3) is 0 Å². The molecule has 2 unspecified atom stereocenters. The Morgan fingerprint density at radius 2 is 1.67 bits per heavy atom. The van der Waals surface area contributed by atoms with Crippen LogP contribution in [0.25, 0.3) is 0 Å². The van der Waals surface area contributed by atoms with Crippen molar-refractivity contribution < 1.29 is 9.18 Å². The molecule has 0 radical (unpaired) electrons. The van der Waals surface area contributed by atoms with Crippen LogP contribution in [0.15, 0.2) is 54.6 Å². The summed E-state index contributed by atoms with van der Waals surface area (Å²) < 4.78 is 13.3. The molecule has 1 saturated heterocycles. The van der Waals surface area contributed by atoms with Gasteiger partial charge in [-0.15, -0.1) is 0 Å². The van der Waals surface area contributed by atoms with E-state index in [-0.39, 0.29) is 23.8 Å². The third-order valence-electron chi connectivity index (χ3n) is 5.19. The molecule has 3 rings (SSSR count). The molecule has 2 aromatic rings. The van der Waals surface area contributed by atoms with Crippen molar-refractivity contribution in [2.75, 3.05) is 33.7 Å². The molecule has 1 aliphatic rings. The summed E-state index contributed by atoms with van der Waals surface area (Å²) in [4.78, 5) is 17.3. The van der Waals surface area contributed by atoms with Gasteiger partial charge in [0.2, 0.25) is 5.91 Å². The number of amides is 1. The summed E-state index contributed by atoms with van der Waals surface area (Å²) in [5.74, 6) is -0.253. The van der Waals surface area contributed by atoms with Crippen LogP contribution in [0.2, 0.25) is 0 Å². The second-order valence-corrected chi connectivity index (χ2v) is 7.33. The third kappa shape index (κ3) is 4.93. The average molecular weight is 369 g/mol. The predicted molar refractivity (Wildman–Crippen MR) is 106 cm³/mol. The Bertz CT molecular complexity index is 727. The summed E-state index contributed by atoms with van der Waals surface area (Å²) in [5.41, 5.74) is 2.01. The standard InChI is InChI=1S/C22H28FN3O/c1-25(2)21(18-8-4-3-5-9-18)22(27)24-16-20(26-14-6-7-15-26)17-10-12-19(23)13-11-17/h3-5,8-13,20-21H,6-7,14-16H2,1-2H3,(H,24,27). The fraction of sp³-hybridized carbons (Fsp3) is 0.409. The lowest BCUT2D eigenvalue weighted by molar-refractivity contribution is -0.126. The van der Waals surface area contributed by atoms with E-state index in [1.807, 2.05) is 61.5 Å². The number of hydrogen-bond donors (Lipinski definition) is 1. The Morgan fingerprint density at radius 3 is 2.26 bits per heavy atom. The van der Waals surface area contributed by atoms with Gasteiger partial charge in [0, 0.05) is 6.54 Å². The van der Waals surface area contributed by atoms with E-state index < -0.39 is 0 Å². The van der Waals surface area contributed by atoms with Crippen LogP contribution in [0, 0.1) is 5.82 Å². The Labute approximate surface area is 161 Å². The van der Waals surface area contributed by atoms with E-state index >= 15 is 0 Å². The molecule has 2 atom stereocenters. The zero-order valence-corrected chi connectivity index (χ0v) is 16.1. The van der Waals surface area contributed by atoms with Crippen LogP contribution in [0.3, 0.4) is 0 Å². The minimum Gasteiger partial charge on any atom is -0.353 e. The predicted octanol–water partition coefficient (Wildman–Crippen LogP) is 3.38. The summed E-state index contributed by atoms with van der Waals surface area (Å²) in [5, 5.41) is 3.14. The van der Waals surface area contributed by atoms with Gasteiger partial charge in [-0.05, 0) is 63.3 Å². The molecule has 0 bridgehead atoms. The lowest BCUT2D eigenvalue weighted by Crippen LogP contribution is -2.41. The van der Waals surface area contributed by atoms with E-state index in [9.17, 15) is 9.18 Å². The number of nitrogens with zero attached hydrogens (tertiary/aromatic N) is 2. The van der Waals surface area contributed by atoms with Crippen LogP contribution in [0.1, 0.15) is 36.1 Å². The Balaban J connectivity index is 1.73. The maximum atomic E-state index is 13.3. The van der Waals surface area contributed by atoms with E-state index in [1.54, 1.807) is 0 Å². The molecule has 144 valence electrons. The van der Waals surface area contributed by atoms with E-state index in [0.29, 0.717) is 6.54 Å². The number of nitrogens with one attached hydrogen (secondary N) is 1. The molecule has 2 aromatic carbocycles. The van der Waals surface area contributed by atoms with Gasteiger partial charge in [-0.25, -0.2) is 4.39 Å². The second kappa shape index (κ2) is 9.11. The number of benzene rings is 2. The van der Waals surface area contributed by atoms with Crippen LogP contribution >= 0.6 is 0 Å². The van der Waals surface area contributed by atoms with Crippen molar-refractivity contribution in [1.82, 2.24) is 15.1 Å². The lowest BCUT2D eigenvalue weighted by Gasteiger charge is -2.30. The summed E-state index contributed by atoms with van der Waals surface area (Å²) >= 11 is 0. The molecule has 27 heavy (non-hydrogen) atoms. The van der Waals surface area contributed by atoms with Gasteiger partial charge in [0.1, 0.15) is 11.9 Å². The van der Waals surface area contributed by atoms with E-state index in [4.69, 9.17) is 0 Å². The second-order valence-electron chi connectivity index (χ2n) is 7.33. The molecule has 4 nitrogen and oxygen atoms in total. The zero-order valence-electron chi connectivity index (χ0n) is 16.1. The fourth-order valence-electron chi connectivity index (χ4n) is 3.81. The highest BCUT2D eigenvalue weighted by atomic mass is 19.1. The molecular formula is C22H28FN3O. The SMILES string of the molecule is CN(C)C(C(=O)NCC(c1ccc(F)cc1)N1CCCC1)c1ccccc1. The maximum absolute atomic E-state index is 13.3. The normalized spacial score (nSPS) is 17.0. The average Bonchev–Trinajstić information content (AvgIpc) is 3.18. The molecule has 1 amide bonds. The van der Waals surface area contributed by atoms with Gasteiger partial charge in [-0.3, -0.25) is 14.6 Å². The largest absolute Gasteiger partial charge is 0.353 e. The number of likely N-dealkylation sites (N-methyl/N-ethyl adjacent to an activating group) is 1. The van der Waals surface area contributed by atoms with Crippen molar-refractivity contribution in [1.29, 1.82) is 0 Å². The van der Waals surface area contributed by atoms with Crippen LogP contribution in [-0.2, 0) is 4.79 Å². The van der Waals surface area contributed by atoms with Crippen molar-refractivity contribution >= 4 is 5.91 Å². The number of rotatable bonds is 7. The Kier molecular flexibility index (Phi) is 6.58. The highest BCUT2D eigenvalue weighted by Crippen LogP contribution is 2.25. The minimum atomic E-state index is -0.335. The van der Waals surface area contributed by atoms with Crippen LogP contribution < -0.4 is 5.32 Å². The van der Waals surface area contributed by atoms with Crippen LogP contribution in [0.5, 0.6) is 0 Å². The molecule has 0 aromatic heterocycles. The molecule has 0 saturated carbocycles. The van der Waals surface area contributed by atoms with Crippen molar-refractivity contribution in [3.63, 3.8) is 0 Å². The number of halogens is 1. The van der Waals surface area contributed by atoms with Crippen molar-refractivity contribution in [3.05, 3.63) is 71.5 Å². The molecule has 1 fully saturated rings. The lowest BCUT2D eigenvalue weighted by atomic mass is 10.0. The van der Waals surface area contributed by atoms with E-state index in [0.717, 1.165) is 37.1 Å². The monoisotopic (exact) mass is 369 g/mol. The first-order valence-electron chi connectivity index (χ1n) is 9.55. The molecule has 0 spiro atoms. The molecule has 1 aliphatic heterocycles. The first-order valence-corrected chi connectivity index (χ1v) is 9.55. The van der Waals surface area contributed by atoms with Gasteiger partial charge in [-0.1, -0.05) is 42.5 Å². The van der Waals surface area contributed by atoms with E-state index in [1.165, 1.54) is 12.1 Å². The molecule has 5 heteroatoms. The summed E-state index contributed by atoms with van der Waals surface area (Å²) in [6, 6.07) is 16.2. The van der Waals surface area contributed by atoms with Crippen molar-refractivity contribution in [3.8, 4) is 0 Å². The fourth-order valence-corrected chi connectivity index (χ4v) is 3.81. The van der Waals surface area contributed by atoms with Crippen molar-refractivity contribution in [2.45, 2.75) is 24.9 Å². The highest BCUT2D eigenvalue weighted by molar-refractivity contribution is 5.83. The van der Waals surface area contributed by atoms with Crippen molar-refractivity contribution in [2.24, 2.45) is 0 Å². The van der Waals surface area contributed by atoms with Gasteiger partial charge < -0.3 is 5.32 Å². The van der Waals surface area contributed by atoms with Gasteiger partial charge in [-0.2, -0.15) is 0 Å². The smallest absolute Gasteiger partial charge is 0.242 e. The Hall–Kier alpha value is -2.24. The first-order chi connectivity index (χ1) is 13.1. The van der Waals surface area contributed by atoms with Gasteiger partial charge in [0.15, 0.2) is 0 Å².